The summed E-state index contributed by atoms with van der Waals surface area (Å²) in [5.74, 6) is 0.0403. The summed E-state index contributed by atoms with van der Waals surface area (Å²) in [6.07, 6.45) is 4.08. The highest BCUT2D eigenvalue weighted by Crippen LogP contribution is 2.31. The van der Waals surface area contributed by atoms with Crippen molar-refractivity contribution in [1.29, 1.82) is 0 Å². The van der Waals surface area contributed by atoms with Gasteiger partial charge in [-0.3, -0.25) is 9.59 Å². The lowest BCUT2D eigenvalue weighted by Crippen LogP contribution is -2.50. The Morgan fingerprint density at radius 2 is 1.88 bits per heavy atom. The van der Waals surface area contributed by atoms with Gasteiger partial charge >= 0.3 is 0 Å². The van der Waals surface area contributed by atoms with Crippen LogP contribution in [0.5, 0.6) is 0 Å². The van der Waals surface area contributed by atoms with Crippen LogP contribution < -0.4 is 16.4 Å². The van der Waals surface area contributed by atoms with Crippen molar-refractivity contribution in [3.8, 4) is 0 Å². The predicted molar refractivity (Wildman–Crippen MR) is 101 cm³/mol. The van der Waals surface area contributed by atoms with Crippen molar-refractivity contribution < 1.29 is 14.0 Å². The third-order valence-corrected chi connectivity index (χ3v) is 4.39. The van der Waals surface area contributed by atoms with Gasteiger partial charge in [0.05, 0.1) is 6.26 Å². The predicted octanol–water partition coefficient (Wildman–Crippen LogP) is 1.90. The van der Waals surface area contributed by atoms with Crippen LogP contribution in [0.1, 0.15) is 29.0 Å². The van der Waals surface area contributed by atoms with Crippen LogP contribution >= 0.6 is 12.4 Å². The van der Waals surface area contributed by atoms with E-state index in [1.165, 1.54) is 6.26 Å². The van der Waals surface area contributed by atoms with E-state index in [0.29, 0.717) is 18.9 Å². The molecule has 1 saturated carbocycles. The molecule has 0 aliphatic heterocycles. The van der Waals surface area contributed by atoms with E-state index in [1.54, 1.807) is 12.1 Å². The Labute approximate surface area is 158 Å². The summed E-state index contributed by atoms with van der Waals surface area (Å²) in [6, 6.07) is 12.1. The zero-order valence-corrected chi connectivity index (χ0v) is 15.2. The summed E-state index contributed by atoms with van der Waals surface area (Å²) in [5.41, 5.74) is 7.01. The van der Waals surface area contributed by atoms with Crippen LogP contribution in [0.25, 0.3) is 0 Å². The molecule has 2 unspecified atom stereocenters. The molecule has 1 fully saturated rings. The molecule has 2 amide bonds. The number of furan rings is 1. The maximum Gasteiger partial charge on any atom is 0.287 e. The highest BCUT2D eigenvalue weighted by Gasteiger charge is 2.29. The molecule has 4 N–H and O–H groups in total. The van der Waals surface area contributed by atoms with E-state index in [2.05, 4.69) is 10.6 Å². The maximum atomic E-state index is 12.6. The normalized spacial score (nSPS) is 15.4. The van der Waals surface area contributed by atoms with Gasteiger partial charge in [-0.1, -0.05) is 30.3 Å². The van der Waals surface area contributed by atoms with Crippen LogP contribution in [-0.2, 0) is 11.2 Å². The summed E-state index contributed by atoms with van der Waals surface area (Å²) < 4.78 is 5.10. The van der Waals surface area contributed by atoms with Crippen LogP contribution in [0.3, 0.4) is 0 Å². The van der Waals surface area contributed by atoms with Gasteiger partial charge in [0.15, 0.2) is 5.76 Å². The second-order valence-corrected chi connectivity index (χ2v) is 6.44. The first-order valence-electron chi connectivity index (χ1n) is 8.55. The van der Waals surface area contributed by atoms with Crippen molar-refractivity contribution in [2.45, 2.75) is 31.3 Å². The van der Waals surface area contributed by atoms with Crippen molar-refractivity contribution >= 4 is 24.2 Å². The fraction of sp³-hybridized carbons (Fsp3) is 0.368. The number of rotatable bonds is 8. The molecule has 1 aliphatic carbocycles. The first-order valence-corrected chi connectivity index (χ1v) is 8.55. The third-order valence-electron chi connectivity index (χ3n) is 4.39. The van der Waals surface area contributed by atoms with Gasteiger partial charge in [0, 0.05) is 19.0 Å². The molecule has 2 aromatic rings. The molecule has 0 spiro atoms. The average Bonchev–Trinajstić information content (AvgIpc) is 3.33. The fourth-order valence-electron chi connectivity index (χ4n) is 2.73. The molecule has 2 atom stereocenters. The van der Waals surface area contributed by atoms with Gasteiger partial charge in [0.25, 0.3) is 5.91 Å². The summed E-state index contributed by atoms with van der Waals surface area (Å²) in [5, 5.41) is 5.62. The van der Waals surface area contributed by atoms with Crippen molar-refractivity contribution in [1.82, 2.24) is 10.6 Å². The van der Waals surface area contributed by atoms with E-state index in [4.69, 9.17) is 10.2 Å². The van der Waals surface area contributed by atoms with E-state index in [-0.39, 0.29) is 30.1 Å². The molecule has 1 aromatic heterocycles. The number of hydrogen-bond acceptors (Lipinski definition) is 4. The second-order valence-electron chi connectivity index (χ2n) is 6.44. The highest BCUT2D eigenvalue weighted by molar-refractivity contribution is 5.95. The number of halogens is 1. The van der Waals surface area contributed by atoms with E-state index in [1.807, 2.05) is 30.3 Å². The fourth-order valence-corrected chi connectivity index (χ4v) is 2.73. The summed E-state index contributed by atoms with van der Waals surface area (Å²) in [6.45, 7) is 0.422. The topological polar surface area (TPSA) is 97.4 Å². The largest absolute Gasteiger partial charge is 0.459 e. The molecular weight excluding hydrogens is 354 g/mol. The minimum absolute atomic E-state index is 0. The minimum atomic E-state index is -0.689. The highest BCUT2D eigenvalue weighted by atomic mass is 35.5. The number of benzene rings is 1. The zero-order valence-electron chi connectivity index (χ0n) is 14.4. The molecule has 140 valence electrons. The molecule has 3 rings (SSSR count). The average molecular weight is 378 g/mol. The molecular formula is C19H24ClN3O3. The quantitative estimate of drug-likeness (QED) is 0.654. The van der Waals surface area contributed by atoms with Crippen LogP contribution in [-0.4, -0.2) is 30.4 Å². The van der Waals surface area contributed by atoms with E-state index < -0.39 is 11.9 Å². The Balaban J connectivity index is 0.00000243. The van der Waals surface area contributed by atoms with Crippen LogP contribution in [0.15, 0.2) is 53.1 Å². The zero-order chi connectivity index (χ0) is 17.6. The van der Waals surface area contributed by atoms with Gasteiger partial charge in [-0.15, -0.1) is 12.4 Å². The van der Waals surface area contributed by atoms with Crippen LogP contribution in [0, 0.1) is 5.92 Å². The molecule has 26 heavy (non-hydrogen) atoms. The van der Waals surface area contributed by atoms with E-state index in [9.17, 15) is 9.59 Å². The minimum Gasteiger partial charge on any atom is -0.459 e. The van der Waals surface area contributed by atoms with Crippen LogP contribution in [0.4, 0.5) is 0 Å². The summed E-state index contributed by atoms with van der Waals surface area (Å²) >= 11 is 0. The van der Waals surface area contributed by atoms with Crippen LogP contribution in [0.2, 0.25) is 0 Å². The molecule has 7 heteroatoms. The molecule has 6 nitrogen and oxygen atoms in total. The number of nitrogens with two attached hydrogens (primary N) is 1. The second kappa shape index (κ2) is 9.40. The van der Waals surface area contributed by atoms with Gasteiger partial charge in [-0.25, -0.2) is 0 Å². The monoisotopic (exact) mass is 377 g/mol. The smallest absolute Gasteiger partial charge is 0.287 e. The maximum absolute atomic E-state index is 12.6. The number of carbonyl (C=O) groups is 2. The van der Waals surface area contributed by atoms with Crippen molar-refractivity contribution in [3.05, 3.63) is 60.1 Å². The van der Waals surface area contributed by atoms with E-state index >= 15 is 0 Å². The summed E-state index contributed by atoms with van der Waals surface area (Å²) in [4.78, 5) is 24.8. The van der Waals surface area contributed by atoms with Gasteiger partial charge in [0.2, 0.25) is 5.91 Å². The number of nitrogens with one attached hydrogen (secondary N) is 2. The van der Waals surface area contributed by atoms with Crippen molar-refractivity contribution in [2.75, 3.05) is 6.54 Å². The van der Waals surface area contributed by atoms with Crippen molar-refractivity contribution in [3.63, 3.8) is 0 Å². The van der Waals surface area contributed by atoms with Gasteiger partial charge in [0.1, 0.15) is 6.04 Å². The lowest BCUT2D eigenvalue weighted by Gasteiger charge is -2.19. The lowest BCUT2D eigenvalue weighted by molar-refractivity contribution is -0.123. The first-order chi connectivity index (χ1) is 12.1. The molecule has 0 saturated heterocycles. The SMILES string of the molecule is Cl.NC(CNC(=O)C(Cc1ccccc1)NC(=O)c1ccco1)C1CC1. The summed E-state index contributed by atoms with van der Waals surface area (Å²) in [7, 11) is 0. The molecule has 0 radical (unpaired) electrons. The van der Waals surface area contributed by atoms with Gasteiger partial charge in [-0.05, 0) is 36.5 Å². The Kier molecular flexibility index (Phi) is 7.24. The Morgan fingerprint density at radius 1 is 1.15 bits per heavy atom. The Morgan fingerprint density at radius 3 is 2.50 bits per heavy atom. The third kappa shape index (κ3) is 5.61. The molecule has 0 bridgehead atoms. The van der Waals surface area contributed by atoms with Crippen molar-refractivity contribution in [2.24, 2.45) is 11.7 Å². The van der Waals surface area contributed by atoms with E-state index in [0.717, 1.165) is 18.4 Å². The number of amides is 2. The lowest BCUT2D eigenvalue weighted by atomic mass is 10.0. The van der Waals surface area contributed by atoms with Gasteiger partial charge < -0.3 is 20.8 Å². The molecule has 1 aromatic carbocycles. The Hall–Kier alpha value is -2.31. The molecule has 1 heterocycles. The standard InChI is InChI=1S/C19H23N3O3.ClH/c20-15(14-8-9-14)12-21-18(23)16(11-13-5-2-1-3-6-13)22-19(24)17-7-4-10-25-17;/h1-7,10,14-16H,8-9,11-12,20H2,(H,21,23)(H,22,24);1H. The van der Waals surface area contributed by atoms with Gasteiger partial charge in [-0.2, -0.15) is 0 Å². The Bertz CT molecular complexity index is 702. The molecule has 1 aliphatic rings. The number of hydrogen-bond donors (Lipinski definition) is 3. The first kappa shape index (κ1) is 20.0. The number of carbonyl (C=O) groups excluding carboxylic acids is 2.